The van der Waals surface area contributed by atoms with E-state index in [1.807, 2.05) is 71.3 Å². The van der Waals surface area contributed by atoms with E-state index >= 15 is 0 Å². The van der Waals surface area contributed by atoms with Gasteiger partial charge in [-0.3, -0.25) is 14.4 Å². The average molecular weight is 500 g/mol. The summed E-state index contributed by atoms with van der Waals surface area (Å²) < 4.78 is 0. The van der Waals surface area contributed by atoms with Crippen LogP contribution in [0.2, 0.25) is 0 Å². The second-order valence-electron chi connectivity index (χ2n) is 9.44. The van der Waals surface area contributed by atoms with Crippen molar-refractivity contribution in [3.63, 3.8) is 0 Å². The summed E-state index contributed by atoms with van der Waals surface area (Å²) in [7, 11) is 3.66. The zero-order chi connectivity index (χ0) is 26.4. The lowest BCUT2D eigenvalue weighted by Crippen LogP contribution is -2.50. The van der Waals surface area contributed by atoms with Crippen LogP contribution in [0.3, 0.4) is 0 Å². The Labute approximate surface area is 218 Å². The summed E-state index contributed by atoms with van der Waals surface area (Å²) in [6.45, 7) is 1.94. The highest BCUT2D eigenvalue weighted by atomic mass is 16.2. The van der Waals surface area contributed by atoms with Crippen LogP contribution in [0.1, 0.15) is 31.2 Å². The molecule has 4 rings (SSSR count). The Kier molecular flexibility index (Phi) is 8.24. The normalized spacial score (nSPS) is 14.9. The summed E-state index contributed by atoms with van der Waals surface area (Å²) in [4.78, 5) is 45.6. The van der Waals surface area contributed by atoms with E-state index in [1.54, 1.807) is 4.90 Å². The molecule has 0 spiro atoms. The van der Waals surface area contributed by atoms with Gasteiger partial charge in [0.25, 0.3) is 0 Å². The standard InChI is InChI=1S/C29H33N5O3/c1-31-24-12-6-7-13-25(24)32(2)29(31)23(21-30)26(35)15-16-28(37)34-19-17-33(18-20-34)27(36)14-8-11-22-9-4-3-5-10-22/h3-7,9-10,12-13H,8,11,14-20H2,1-2H3. The van der Waals surface area contributed by atoms with Gasteiger partial charge in [0.05, 0.1) is 11.4 Å². The number of ketones is 1. The molecule has 2 heterocycles. The van der Waals surface area contributed by atoms with E-state index < -0.39 is 0 Å². The summed E-state index contributed by atoms with van der Waals surface area (Å²) in [5, 5.41) is 9.78. The molecule has 0 radical (unpaired) electrons. The molecule has 0 atom stereocenters. The van der Waals surface area contributed by atoms with Crippen LogP contribution < -0.4 is 9.80 Å². The second kappa shape index (κ2) is 11.7. The Bertz CT molecular complexity index is 1190. The van der Waals surface area contributed by atoms with E-state index in [9.17, 15) is 19.6 Å². The van der Waals surface area contributed by atoms with Gasteiger partial charge in [0.2, 0.25) is 11.8 Å². The number of allylic oxidation sites excluding steroid dienone is 1. The van der Waals surface area contributed by atoms with Gasteiger partial charge >= 0.3 is 0 Å². The summed E-state index contributed by atoms with van der Waals surface area (Å²) in [6.07, 6.45) is 2.19. The number of benzene rings is 2. The van der Waals surface area contributed by atoms with E-state index in [-0.39, 0.29) is 36.0 Å². The predicted octanol–water partition coefficient (Wildman–Crippen LogP) is 3.35. The molecular weight excluding hydrogens is 466 g/mol. The van der Waals surface area contributed by atoms with Crippen molar-refractivity contribution in [1.29, 1.82) is 5.26 Å². The third kappa shape index (κ3) is 5.83. The Balaban J connectivity index is 1.25. The van der Waals surface area contributed by atoms with Crippen molar-refractivity contribution in [3.8, 4) is 6.07 Å². The van der Waals surface area contributed by atoms with E-state index in [4.69, 9.17) is 0 Å². The van der Waals surface area contributed by atoms with Gasteiger partial charge in [-0.15, -0.1) is 0 Å². The molecule has 192 valence electrons. The van der Waals surface area contributed by atoms with Crippen molar-refractivity contribution in [3.05, 3.63) is 71.6 Å². The van der Waals surface area contributed by atoms with Crippen LogP contribution in [0.5, 0.6) is 0 Å². The van der Waals surface area contributed by atoms with Crippen LogP contribution in [0.25, 0.3) is 0 Å². The van der Waals surface area contributed by atoms with E-state index in [0.717, 1.165) is 24.2 Å². The van der Waals surface area contributed by atoms with Gasteiger partial charge in [-0.2, -0.15) is 5.26 Å². The van der Waals surface area contributed by atoms with Gasteiger partial charge in [-0.05, 0) is 30.5 Å². The van der Waals surface area contributed by atoms with Gasteiger partial charge in [0, 0.05) is 59.5 Å². The molecule has 2 amide bonds. The number of nitriles is 1. The van der Waals surface area contributed by atoms with Crippen LogP contribution in [0.15, 0.2) is 66.0 Å². The number of piperazine rings is 1. The number of fused-ring (bicyclic) bond motifs is 1. The molecule has 8 nitrogen and oxygen atoms in total. The number of carbonyl (C=O) groups is 3. The minimum atomic E-state index is -0.343. The van der Waals surface area contributed by atoms with E-state index in [0.29, 0.717) is 38.4 Å². The lowest BCUT2D eigenvalue weighted by atomic mass is 10.1. The first-order chi connectivity index (χ1) is 17.9. The van der Waals surface area contributed by atoms with Crippen LogP contribution in [0, 0.1) is 11.3 Å². The molecule has 0 N–H and O–H groups in total. The number of anilines is 2. The largest absolute Gasteiger partial charge is 0.339 e. The van der Waals surface area contributed by atoms with Gasteiger partial charge in [-0.25, -0.2) is 0 Å². The van der Waals surface area contributed by atoms with E-state index in [1.165, 1.54) is 5.56 Å². The molecule has 0 unspecified atom stereocenters. The number of carbonyl (C=O) groups excluding carboxylic acids is 3. The van der Waals surface area contributed by atoms with Crippen molar-refractivity contribution in [2.24, 2.45) is 0 Å². The fraction of sp³-hybridized carbons (Fsp3) is 0.379. The molecule has 8 heteroatoms. The lowest BCUT2D eigenvalue weighted by Gasteiger charge is -2.35. The second-order valence-corrected chi connectivity index (χ2v) is 9.44. The molecule has 2 aromatic carbocycles. The van der Waals surface area contributed by atoms with Crippen molar-refractivity contribution < 1.29 is 14.4 Å². The van der Waals surface area contributed by atoms with Crippen LogP contribution in [-0.2, 0) is 20.8 Å². The summed E-state index contributed by atoms with van der Waals surface area (Å²) >= 11 is 0. The topological polar surface area (TPSA) is 88.0 Å². The summed E-state index contributed by atoms with van der Waals surface area (Å²) in [6, 6.07) is 19.9. The molecular formula is C29H33N5O3. The van der Waals surface area contributed by atoms with Crippen molar-refractivity contribution >= 4 is 29.0 Å². The number of amides is 2. The molecule has 0 aliphatic carbocycles. The maximum Gasteiger partial charge on any atom is 0.223 e. The van der Waals surface area contributed by atoms with Gasteiger partial charge in [0.15, 0.2) is 5.78 Å². The van der Waals surface area contributed by atoms with Crippen molar-refractivity contribution in [2.75, 3.05) is 50.1 Å². The maximum absolute atomic E-state index is 13.0. The zero-order valence-electron chi connectivity index (χ0n) is 21.5. The fourth-order valence-corrected chi connectivity index (χ4v) is 5.01. The highest BCUT2D eigenvalue weighted by Gasteiger charge is 2.31. The van der Waals surface area contributed by atoms with E-state index in [2.05, 4.69) is 18.2 Å². The van der Waals surface area contributed by atoms with Crippen molar-refractivity contribution in [1.82, 2.24) is 9.80 Å². The van der Waals surface area contributed by atoms with Crippen LogP contribution in [0.4, 0.5) is 11.4 Å². The number of hydrogen-bond acceptors (Lipinski definition) is 6. The SMILES string of the molecule is CN1C(=C(C#N)C(=O)CCC(=O)N2CCN(C(=O)CCCc3ccccc3)CC2)N(C)c2ccccc21. The van der Waals surface area contributed by atoms with Crippen molar-refractivity contribution in [2.45, 2.75) is 32.1 Å². The number of para-hydroxylation sites is 2. The highest BCUT2D eigenvalue weighted by molar-refractivity contribution is 6.03. The minimum Gasteiger partial charge on any atom is -0.339 e. The highest BCUT2D eigenvalue weighted by Crippen LogP contribution is 2.40. The van der Waals surface area contributed by atoms with Gasteiger partial charge < -0.3 is 19.6 Å². The maximum atomic E-state index is 13.0. The predicted molar refractivity (Wildman–Crippen MR) is 143 cm³/mol. The fourth-order valence-electron chi connectivity index (χ4n) is 5.01. The van der Waals surface area contributed by atoms with Crippen LogP contribution in [-0.4, -0.2) is 67.7 Å². The zero-order valence-corrected chi connectivity index (χ0v) is 21.5. The smallest absolute Gasteiger partial charge is 0.223 e. The molecule has 2 aromatic rings. The quantitative estimate of drug-likeness (QED) is 0.409. The third-order valence-electron chi connectivity index (χ3n) is 7.10. The molecule has 0 saturated carbocycles. The van der Waals surface area contributed by atoms with Gasteiger partial charge in [0.1, 0.15) is 17.5 Å². The Morgan fingerprint density at radius 2 is 1.27 bits per heavy atom. The Morgan fingerprint density at radius 3 is 1.81 bits per heavy atom. The first-order valence-electron chi connectivity index (χ1n) is 12.7. The molecule has 2 aliphatic rings. The van der Waals surface area contributed by atoms with Crippen LogP contribution >= 0.6 is 0 Å². The van der Waals surface area contributed by atoms with Gasteiger partial charge in [-0.1, -0.05) is 42.5 Å². The lowest BCUT2D eigenvalue weighted by molar-refractivity contribution is -0.140. The third-order valence-corrected chi connectivity index (χ3v) is 7.10. The average Bonchev–Trinajstić information content (AvgIpc) is 3.18. The monoisotopic (exact) mass is 499 g/mol. The number of hydrogen-bond donors (Lipinski definition) is 0. The summed E-state index contributed by atoms with van der Waals surface area (Å²) in [5.41, 5.74) is 3.12. The minimum absolute atomic E-state index is 0.0259. The first-order valence-corrected chi connectivity index (χ1v) is 12.7. The first kappa shape index (κ1) is 26.0. The molecule has 1 fully saturated rings. The Hall–Kier alpha value is -4.12. The number of nitrogens with zero attached hydrogens (tertiary/aromatic N) is 5. The molecule has 0 bridgehead atoms. The number of rotatable bonds is 8. The molecule has 1 saturated heterocycles. The molecule has 2 aliphatic heterocycles. The molecule has 0 aromatic heterocycles. The number of aryl methyl sites for hydroxylation is 1. The number of Topliss-reactive ketones (excluding diaryl/α,β-unsaturated/α-hetero) is 1. The summed E-state index contributed by atoms with van der Waals surface area (Å²) in [5.74, 6) is 0.183. The molecule has 37 heavy (non-hydrogen) atoms. The Morgan fingerprint density at radius 1 is 0.757 bits per heavy atom.